The molecule has 6 nitrogen and oxygen atoms in total. The number of nitrogens with one attached hydrogen (secondary N) is 1. The molecule has 2 amide bonds. The molecule has 2 rings (SSSR count). The van der Waals surface area contributed by atoms with E-state index in [1.54, 1.807) is 0 Å². The Morgan fingerprint density at radius 2 is 1.77 bits per heavy atom. The monoisotopic (exact) mass is 310 g/mol. The number of rotatable bonds is 9. The highest BCUT2D eigenvalue weighted by Gasteiger charge is 2.32. The third kappa shape index (κ3) is 5.40. The van der Waals surface area contributed by atoms with Crippen LogP contribution in [0.1, 0.15) is 64.2 Å². The Hall–Kier alpha value is -1.43. The SMILES string of the molecule is O=C(CCCCCNCC1CCCC1)ON1C(=O)CCC1=O. The molecule has 1 saturated heterocycles. The molecule has 2 aliphatic rings. The summed E-state index contributed by atoms with van der Waals surface area (Å²) in [6, 6.07) is 0. The van der Waals surface area contributed by atoms with Gasteiger partial charge in [-0.3, -0.25) is 9.59 Å². The van der Waals surface area contributed by atoms with Crippen molar-refractivity contribution in [3.05, 3.63) is 0 Å². The van der Waals surface area contributed by atoms with Crippen molar-refractivity contribution in [3.8, 4) is 0 Å². The molecule has 0 unspecified atom stereocenters. The van der Waals surface area contributed by atoms with Gasteiger partial charge in [-0.1, -0.05) is 19.3 Å². The van der Waals surface area contributed by atoms with Gasteiger partial charge in [0, 0.05) is 19.3 Å². The lowest BCUT2D eigenvalue weighted by Gasteiger charge is -2.12. The van der Waals surface area contributed by atoms with E-state index >= 15 is 0 Å². The summed E-state index contributed by atoms with van der Waals surface area (Å²) in [6.07, 6.45) is 8.67. The fraction of sp³-hybridized carbons (Fsp3) is 0.812. The lowest BCUT2D eigenvalue weighted by atomic mass is 10.1. The van der Waals surface area contributed by atoms with E-state index in [1.165, 1.54) is 25.7 Å². The van der Waals surface area contributed by atoms with Gasteiger partial charge in [-0.15, -0.1) is 5.06 Å². The summed E-state index contributed by atoms with van der Waals surface area (Å²) in [5, 5.41) is 4.09. The quantitative estimate of drug-likeness (QED) is 0.520. The summed E-state index contributed by atoms with van der Waals surface area (Å²) in [6.45, 7) is 2.09. The lowest BCUT2D eigenvalue weighted by molar-refractivity contribution is -0.197. The zero-order chi connectivity index (χ0) is 15.8. The van der Waals surface area contributed by atoms with Crippen LogP contribution in [0, 0.1) is 5.92 Å². The van der Waals surface area contributed by atoms with Crippen LogP contribution in [-0.2, 0) is 19.2 Å². The molecule has 0 aromatic rings. The maximum absolute atomic E-state index is 11.6. The van der Waals surface area contributed by atoms with Crippen LogP contribution < -0.4 is 5.32 Å². The molecule has 0 bridgehead atoms. The minimum atomic E-state index is -0.498. The first-order valence-corrected chi connectivity index (χ1v) is 8.44. The van der Waals surface area contributed by atoms with Crippen molar-refractivity contribution in [2.24, 2.45) is 5.92 Å². The van der Waals surface area contributed by atoms with Gasteiger partial charge in [0.25, 0.3) is 11.8 Å². The number of amides is 2. The van der Waals surface area contributed by atoms with Crippen LogP contribution in [0.25, 0.3) is 0 Å². The van der Waals surface area contributed by atoms with Crippen LogP contribution in [0.15, 0.2) is 0 Å². The standard InChI is InChI=1S/C16H26N2O4/c19-14-9-10-15(20)18(14)22-16(21)8-2-1-5-11-17-12-13-6-3-4-7-13/h13,17H,1-12H2. The summed E-state index contributed by atoms with van der Waals surface area (Å²) < 4.78 is 0. The molecule has 0 radical (unpaired) electrons. The smallest absolute Gasteiger partial charge is 0.330 e. The van der Waals surface area contributed by atoms with E-state index in [1.807, 2.05) is 0 Å². The fourth-order valence-electron chi connectivity index (χ4n) is 3.02. The Balaban J connectivity index is 1.45. The van der Waals surface area contributed by atoms with Crippen molar-refractivity contribution >= 4 is 17.8 Å². The van der Waals surface area contributed by atoms with Gasteiger partial charge in [-0.05, 0) is 44.7 Å². The average Bonchev–Trinajstić information content (AvgIpc) is 3.11. The fourth-order valence-corrected chi connectivity index (χ4v) is 3.02. The van der Waals surface area contributed by atoms with E-state index < -0.39 is 17.8 Å². The third-order valence-corrected chi connectivity index (χ3v) is 4.34. The maximum atomic E-state index is 11.6. The van der Waals surface area contributed by atoms with Crippen molar-refractivity contribution in [3.63, 3.8) is 0 Å². The van der Waals surface area contributed by atoms with Crippen molar-refractivity contribution < 1.29 is 19.2 Å². The molecule has 0 aromatic carbocycles. The van der Waals surface area contributed by atoms with E-state index in [-0.39, 0.29) is 19.3 Å². The van der Waals surface area contributed by atoms with Crippen LogP contribution in [0.2, 0.25) is 0 Å². The Bertz CT molecular complexity index is 389. The number of hydrogen-bond donors (Lipinski definition) is 1. The van der Waals surface area contributed by atoms with Gasteiger partial charge in [0.2, 0.25) is 0 Å². The summed E-state index contributed by atoms with van der Waals surface area (Å²) in [7, 11) is 0. The molecular formula is C16H26N2O4. The highest BCUT2D eigenvalue weighted by Crippen LogP contribution is 2.23. The van der Waals surface area contributed by atoms with Crippen molar-refractivity contribution in [1.29, 1.82) is 0 Å². The van der Waals surface area contributed by atoms with Crippen molar-refractivity contribution in [1.82, 2.24) is 10.4 Å². The van der Waals surface area contributed by atoms with Crippen LogP contribution in [-0.4, -0.2) is 35.9 Å². The number of hydroxylamine groups is 2. The minimum Gasteiger partial charge on any atom is -0.330 e. The Morgan fingerprint density at radius 3 is 2.45 bits per heavy atom. The van der Waals surface area contributed by atoms with Gasteiger partial charge in [0.05, 0.1) is 0 Å². The molecule has 22 heavy (non-hydrogen) atoms. The molecule has 1 aliphatic carbocycles. The normalized spacial score (nSPS) is 19.2. The Morgan fingerprint density at radius 1 is 1.09 bits per heavy atom. The van der Waals surface area contributed by atoms with Gasteiger partial charge < -0.3 is 10.2 Å². The maximum Gasteiger partial charge on any atom is 0.333 e. The van der Waals surface area contributed by atoms with E-state index in [0.717, 1.165) is 38.3 Å². The first-order valence-electron chi connectivity index (χ1n) is 8.44. The first-order chi connectivity index (χ1) is 10.7. The molecule has 124 valence electrons. The highest BCUT2D eigenvalue weighted by molar-refractivity contribution is 6.01. The number of carbonyl (C=O) groups is 3. The van der Waals surface area contributed by atoms with E-state index in [2.05, 4.69) is 5.32 Å². The Labute approximate surface area is 131 Å². The molecule has 6 heteroatoms. The van der Waals surface area contributed by atoms with Gasteiger partial charge in [0.1, 0.15) is 0 Å². The van der Waals surface area contributed by atoms with E-state index in [0.29, 0.717) is 5.06 Å². The second kappa shape index (κ2) is 8.88. The molecule has 0 spiro atoms. The predicted octanol–water partition coefficient (Wildman–Crippen LogP) is 1.93. The van der Waals surface area contributed by atoms with Gasteiger partial charge in [-0.25, -0.2) is 4.79 Å². The second-order valence-corrected chi connectivity index (χ2v) is 6.21. The van der Waals surface area contributed by atoms with Crippen molar-refractivity contribution in [2.75, 3.05) is 13.1 Å². The molecule has 1 N–H and O–H groups in total. The number of unbranched alkanes of at least 4 members (excludes halogenated alkanes) is 2. The van der Waals surface area contributed by atoms with Crippen LogP contribution in [0.3, 0.4) is 0 Å². The summed E-state index contributed by atoms with van der Waals surface area (Å²) in [5.41, 5.74) is 0. The van der Waals surface area contributed by atoms with Crippen LogP contribution in [0.5, 0.6) is 0 Å². The zero-order valence-corrected chi connectivity index (χ0v) is 13.1. The average molecular weight is 310 g/mol. The van der Waals surface area contributed by atoms with E-state index in [9.17, 15) is 14.4 Å². The van der Waals surface area contributed by atoms with Gasteiger partial charge in [0.15, 0.2) is 0 Å². The minimum absolute atomic E-state index is 0.138. The molecule has 0 atom stereocenters. The van der Waals surface area contributed by atoms with Crippen molar-refractivity contribution in [2.45, 2.75) is 64.2 Å². The predicted molar refractivity (Wildman–Crippen MR) is 80.5 cm³/mol. The summed E-state index contributed by atoms with van der Waals surface area (Å²) in [4.78, 5) is 39.0. The number of carbonyl (C=O) groups excluding carboxylic acids is 3. The summed E-state index contributed by atoms with van der Waals surface area (Å²) >= 11 is 0. The topological polar surface area (TPSA) is 75.7 Å². The largest absolute Gasteiger partial charge is 0.333 e. The van der Waals surface area contributed by atoms with Gasteiger partial charge in [-0.2, -0.15) is 0 Å². The summed E-state index contributed by atoms with van der Waals surface area (Å²) in [5.74, 6) is -0.489. The zero-order valence-electron chi connectivity index (χ0n) is 13.1. The first kappa shape index (κ1) is 16.9. The van der Waals surface area contributed by atoms with E-state index in [4.69, 9.17) is 4.84 Å². The second-order valence-electron chi connectivity index (χ2n) is 6.21. The molecule has 1 aliphatic heterocycles. The molecule has 0 aromatic heterocycles. The molecule has 2 fully saturated rings. The third-order valence-electron chi connectivity index (χ3n) is 4.34. The Kier molecular flexibility index (Phi) is 6.83. The molecule has 1 heterocycles. The number of nitrogens with zero attached hydrogens (tertiary/aromatic N) is 1. The van der Waals surface area contributed by atoms with Gasteiger partial charge >= 0.3 is 5.97 Å². The highest BCUT2D eigenvalue weighted by atomic mass is 16.7. The molecule has 1 saturated carbocycles. The number of imide groups is 1. The molecular weight excluding hydrogens is 284 g/mol. The van der Waals surface area contributed by atoms with Crippen LogP contribution >= 0.6 is 0 Å². The number of hydrogen-bond acceptors (Lipinski definition) is 5. The van der Waals surface area contributed by atoms with Crippen LogP contribution in [0.4, 0.5) is 0 Å². The lowest BCUT2D eigenvalue weighted by Crippen LogP contribution is -2.31.